The van der Waals surface area contributed by atoms with E-state index >= 15 is 0 Å². The second-order valence-corrected chi connectivity index (χ2v) is 5.64. The maximum atomic E-state index is 11.5. The first-order valence-corrected chi connectivity index (χ1v) is 6.60. The van der Waals surface area contributed by atoms with E-state index in [0.717, 1.165) is 4.31 Å². The molecule has 98 valence electrons. The van der Waals surface area contributed by atoms with Crippen LogP contribution in [0, 0.1) is 0 Å². The Balaban J connectivity index is 2.13. The second kappa shape index (κ2) is 4.65. The molecule has 1 aliphatic heterocycles. The first-order chi connectivity index (χ1) is 8.38. The largest absolute Gasteiger partial charge is 0.478 e. The minimum Gasteiger partial charge on any atom is -0.478 e. The number of hydrogen-bond acceptors (Lipinski definition) is 4. The van der Waals surface area contributed by atoms with Crippen LogP contribution < -0.4 is 4.72 Å². The lowest BCUT2D eigenvalue weighted by Crippen LogP contribution is -2.29. The van der Waals surface area contributed by atoms with Crippen molar-refractivity contribution in [3.63, 3.8) is 0 Å². The van der Waals surface area contributed by atoms with Gasteiger partial charge in [0.1, 0.15) is 6.23 Å². The zero-order valence-electron chi connectivity index (χ0n) is 9.28. The molecule has 0 bridgehead atoms. The van der Waals surface area contributed by atoms with Crippen LogP contribution in [0.15, 0.2) is 24.3 Å². The molecule has 1 fully saturated rings. The van der Waals surface area contributed by atoms with E-state index < -0.39 is 22.4 Å². The normalized spacial score (nSPS) is 23.1. The van der Waals surface area contributed by atoms with E-state index in [4.69, 9.17) is 5.11 Å². The molecule has 1 aromatic rings. The van der Waals surface area contributed by atoms with Gasteiger partial charge in [-0.2, -0.15) is 17.4 Å². The number of carboxylic acid groups (broad SMARTS) is 1. The molecule has 1 aliphatic rings. The van der Waals surface area contributed by atoms with Crippen molar-refractivity contribution in [2.45, 2.75) is 12.8 Å². The Labute approximate surface area is 104 Å². The van der Waals surface area contributed by atoms with Crippen molar-refractivity contribution < 1.29 is 23.4 Å². The molecule has 1 unspecified atom stereocenters. The lowest BCUT2D eigenvalue weighted by atomic mass is 10.1. The zero-order valence-corrected chi connectivity index (χ0v) is 10.1. The smallest absolute Gasteiger partial charge is 0.335 e. The summed E-state index contributed by atoms with van der Waals surface area (Å²) in [6, 6.07) is 5.90. The van der Waals surface area contributed by atoms with E-state index in [0.29, 0.717) is 5.56 Å². The highest BCUT2D eigenvalue weighted by Crippen LogP contribution is 2.14. The van der Waals surface area contributed by atoms with Gasteiger partial charge in [-0.3, -0.25) is 0 Å². The second-order valence-electron chi connectivity index (χ2n) is 3.93. The van der Waals surface area contributed by atoms with Gasteiger partial charge in [-0.05, 0) is 17.7 Å². The molecule has 18 heavy (non-hydrogen) atoms. The van der Waals surface area contributed by atoms with Gasteiger partial charge in [-0.25, -0.2) is 4.79 Å². The van der Waals surface area contributed by atoms with Gasteiger partial charge in [0.05, 0.1) is 12.1 Å². The van der Waals surface area contributed by atoms with Crippen LogP contribution in [0.4, 0.5) is 0 Å². The summed E-state index contributed by atoms with van der Waals surface area (Å²) in [7, 11) is -3.64. The fourth-order valence-electron chi connectivity index (χ4n) is 1.68. The summed E-state index contributed by atoms with van der Waals surface area (Å²) in [5.74, 6) is -1.03. The van der Waals surface area contributed by atoms with Gasteiger partial charge >= 0.3 is 5.97 Å². The summed E-state index contributed by atoms with van der Waals surface area (Å²) in [6.07, 6.45) is -1.10. The Hall–Kier alpha value is -1.48. The maximum absolute atomic E-state index is 11.5. The highest BCUT2D eigenvalue weighted by Gasteiger charge is 2.33. The number of aromatic carboxylic acids is 1. The number of aliphatic hydroxyl groups excluding tert-OH is 1. The van der Waals surface area contributed by atoms with E-state index in [-0.39, 0.29) is 18.7 Å². The van der Waals surface area contributed by atoms with Crippen LogP contribution in [-0.4, -0.2) is 41.7 Å². The number of hydrogen-bond donors (Lipinski definition) is 3. The van der Waals surface area contributed by atoms with Crippen LogP contribution in [0.2, 0.25) is 0 Å². The number of nitrogens with one attached hydrogen (secondary N) is 1. The predicted molar refractivity (Wildman–Crippen MR) is 61.9 cm³/mol. The zero-order chi connectivity index (χ0) is 13.3. The summed E-state index contributed by atoms with van der Waals surface area (Å²) in [4.78, 5) is 10.7. The monoisotopic (exact) mass is 272 g/mol. The van der Waals surface area contributed by atoms with Gasteiger partial charge in [0.25, 0.3) is 10.2 Å². The molecule has 7 nitrogen and oxygen atoms in total. The fourth-order valence-corrected chi connectivity index (χ4v) is 2.90. The molecular weight excluding hydrogens is 260 g/mol. The molecule has 1 atom stereocenters. The standard InChI is InChI=1S/C10H12N2O5S/c13-9-6-12(18(16,17)11-9)5-7-1-3-8(4-2-7)10(14)15/h1-4,9,11,13H,5-6H2,(H,14,15). The number of carboxylic acids is 1. The molecule has 0 amide bonds. The van der Waals surface area contributed by atoms with E-state index in [9.17, 15) is 18.3 Å². The Kier molecular flexibility index (Phi) is 3.35. The van der Waals surface area contributed by atoms with Crippen molar-refractivity contribution in [2.75, 3.05) is 6.54 Å². The minimum atomic E-state index is -3.64. The summed E-state index contributed by atoms with van der Waals surface area (Å²) in [5.41, 5.74) is 0.792. The van der Waals surface area contributed by atoms with Crippen molar-refractivity contribution in [1.82, 2.24) is 9.03 Å². The van der Waals surface area contributed by atoms with E-state index in [1.165, 1.54) is 12.1 Å². The Morgan fingerprint density at radius 3 is 2.44 bits per heavy atom. The molecule has 0 aromatic heterocycles. The third kappa shape index (κ3) is 2.67. The lowest BCUT2D eigenvalue weighted by molar-refractivity contribution is 0.0697. The minimum absolute atomic E-state index is 0.0248. The van der Waals surface area contributed by atoms with E-state index in [1.54, 1.807) is 12.1 Å². The Bertz CT molecular complexity index is 554. The van der Waals surface area contributed by atoms with Crippen LogP contribution in [0.1, 0.15) is 15.9 Å². The lowest BCUT2D eigenvalue weighted by Gasteiger charge is -2.12. The highest BCUT2D eigenvalue weighted by molar-refractivity contribution is 7.87. The molecule has 8 heteroatoms. The van der Waals surface area contributed by atoms with Gasteiger partial charge in [-0.15, -0.1) is 0 Å². The fraction of sp³-hybridized carbons (Fsp3) is 0.300. The van der Waals surface area contributed by atoms with Crippen LogP contribution >= 0.6 is 0 Å². The molecule has 0 radical (unpaired) electrons. The number of rotatable bonds is 3. The van der Waals surface area contributed by atoms with E-state index in [1.807, 2.05) is 0 Å². The number of β-amino-alcohol motifs (C(OH)–C–C–N with tert-alkyl or cyclic N) is 1. The summed E-state index contributed by atoms with van der Waals surface area (Å²) in [5, 5.41) is 17.9. The molecule has 0 aliphatic carbocycles. The van der Waals surface area contributed by atoms with E-state index in [2.05, 4.69) is 4.72 Å². The molecule has 1 aromatic carbocycles. The quantitative estimate of drug-likeness (QED) is 0.678. The average Bonchev–Trinajstić information content (AvgIpc) is 2.52. The van der Waals surface area contributed by atoms with Gasteiger partial charge in [-0.1, -0.05) is 12.1 Å². The van der Waals surface area contributed by atoms with Crippen LogP contribution in [-0.2, 0) is 16.8 Å². The number of carbonyl (C=O) groups is 1. The molecule has 2 rings (SSSR count). The molecule has 1 saturated heterocycles. The molecular formula is C10H12N2O5S. The predicted octanol–water partition coefficient (Wildman–Crippen LogP) is -0.647. The summed E-state index contributed by atoms with van der Waals surface area (Å²) < 4.78 is 26.2. The van der Waals surface area contributed by atoms with Gasteiger partial charge < -0.3 is 10.2 Å². The molecule has 0 spiro atoms. The first-order valence-electron chi connectivity index (χ1n) is 5.16. The molecule has 1 heterocycles. The van der Waals surface area contributed by atoms with Crippen molar-refractivity contribution in [1.29, 1.82) is 0 Å². The van der Waals surface area contributed by atoms with Crippen molar-refractivity contribution in [3.8, 4) is 0 Å². The maximum Gasteiger partial charge on any atom is 0.335 e. The summed E-state index contributed by atoms with van der Waals surface area (Å²) >= 11 is 0. The molecule has 0 saturated carbocycles. The Morgan fingerprint density at radius 1 is 1.39 bits per heavy atom. The number of aliphatic hydroxyl groups is 1. The first kappa shape index (κ1) is 13.0. The van der Waals surface area contributed by atoms with Gasteiger partial charge in [0.15, 0.2) is 0 Å². The summed E-state index contributed by atoms with van der Waals surface area (Å²) in [6.45, 7) is 0.0648. The van der Waals surface area contributed by atoms with Gasteiger partial charge in [0.2, 0.25) is 0 Å². The number of nitrogens with zero attached hydrogens (tertiary/aromatic N) is 1. The highest BCUT2D eigenvalue weighted by atomic mass is 32.2. The topological polar surface area (TPSA) is 107 Å². The van der Waals surface area contributed by atoms with Crippen molar-refractivity contribution in [3.05, 3.63) is 35.4 Å². The molecule has 3 N–H and O–H groups in total. The Morgan fingerprint density at radius 2 is 2.00 bits per heavy atom. The third-order valence-electron chi connectivity index (χ3n) is 2.56. The number of benzene rings is 1. The van der Waals surface area contributed by atoms with Crippen molar-refractivity contribution in [2.24, 2.45) is 0 Å². The SMILES string of the molecule is O=C(O)c1ccc(CN2CC(O)NS2(=O)=O)cc1. The third-order valence-corrected chi connectivity index (χ3v) is 4.09. The van der Waals surface area contributed by atoms with Gasteiger partial charge in [0, 0.05) is 6.54 Å². The van der Waals surface area contributed by atoms with Crippen molar-refractivity contribution >= 4 is 16.2 Å². The van der Waals surface area contributed by atoms with Crippen LogP contribution in [0.5, 0.6) is 0 Å². The van der Waals surface area contributed by atoms with Crippen LogP contribution in [0.3, 0.4) is 0 Å². The average molecular weight is 272 g/mol. The van der Waals surface area contributed by atoms with Crippen LogP contribution in [0.25, 0.3) is 0 Å².